The van der Waals surface area contributed by atoms with E-state index in [-0.39, 0.29) is 4.73 Å². The lowest BCUT2D eigenvalue weighted by molar-refractivity contribution is -0.131. The molecule has 0 N–H and O–H groups in total. The van der Waals surface area contributed by atoms with Crippen molar-refractivity contribution in [1.29, 1.82) is 0 Å². The van der Waals surface area contributed by atoms with Crippen LogP contribution in [-0.4, -0.2) is 16.3 Å². The minimum Gasteiger partial charge on any atom is -0.338 e. The molecule has 0 radical (unpaired) electrons. The van der Waals surface area contributed by atoms with Crippen molar-refractivity contribution in [3.63, 3.8) is 0 Å². The van der Waals surface area contributed by atoms with Crippen molar-refractivity contribution in [3.05, 3.63) is 10.6 Å². The Bertz CT molecular complexity index is 246. The molecule has 1 aromatic rings. The van der Waals surface area contributed by atoms with Crippen molar-refractivity contribution >= 4 is 15.9 Å². The first-order valence-corrected chi connectivity index (χ1v) is 3.31. The van der Waals surface area contributed by atoms with E-state index in [9.17, 15) is 13.2 Å². The summed E-state index contributed by atoms with van der Waals surface area (Å²) in [5.41, 5.74) is 0. The number of alkyl halides is 3. The first-order chi connectivity index (χ1) is 4.97. The lowest BCUT2D eigenvalue weighted by atomic mass is 10.4. The van der Waals surface area contributed by atoms with E-state index in [0.29, 0.717) is 0 Å². The molecule has 0 bridgehead atoms. The molecule has 0 saturated heterocycles. The average Bonchev–Trinajstić information content (AvgIpc) is 2.10. The van der Waals surface area contributed by atoms with Crippen LogP contribution in [0.4, 0.5) is 13.2 Å². The number of rotatable bonds is 1. The third kappa shape index (κ3) is 2.87. The summed E-state index contributed by atoms with van der Waals surface area (Å²) in [7, 11) is 0. The molecule has 11 heavy (non-hydrogen) atoms. The second-order valence-corrected chi connectivity index (χ2v) is 2.46. The van der Waals surface area contributed by atoms with Gasteiger partial charge >= 0.3 is 6.18 Å². The number of hydrogen-bond acceptors (Lipinski definition) is 3. The van der Waals surface area contributed by atoms with Crippen LogP contribution in [-0.2, 0) is 6.42 Å². The Labute approximate surface area is 67.7 Å². The Morgan fingerprint density at radius 3 is 2.45 bits per heavy atom. The second kappa shape index (κ2) is 2.80. The number of halogens is 4. The van der Waals surface area contributed by atoms with Gasteiger partial charge in [-0.05, 0) is 21.1 Å². The molecule has 0 aromatic carbocycles. The summed E-state index contributed by atoms with van der Waals surface area (Å²) in [6.45, 7) is 0. The molecule has 0 aliphatic carbocycles. The first kappa shape index (κ1) is 8.51. The van der Waals surface area contributed by atoms with Crippen molar-refractivity contribution in [1.82, 2.24) is 10.1 Å². The van der Waals surface area contributed by atoms with Crippen molar-refractivity contribution < 1.29 is 17.7 Å². The maximum Gasteiger partial charge on any atom is 0.397 e. The van der Waals surface area contributed by atoms with Gasteiger partial charge in [0.15, 0.2) is 0 Å². The lowest BCUT2D eigenvalue weighted by Gasteiger charge is -1.99. The molecular formula is C4H2BrF3N2O. The highest BCUT2D eigenvalue weighted by atomic mass is 79.9. The average molecular weight is 231 g/mol. The summed E-state index contributed by atoms with van der Waals surface area (Å²) in [4.78, 5) is 3.31. The van der Waals surface area contributed by atoms with Gasteiger partial charge in [0.05, 0.1) is 0 Å². The van der Waals surface area contributed by atoms with Gasteiger partial charge in [0.1, 0.15) is 6.42 Å². The van der Waals surface area contributed by atoms with Gasteiger partial charge in [-0.1, -0.05) is 0 Å². The predicted octanol–water partition coefficient (Wildman–Crippen LogP) is 1.94. The quantitative estimate of drug-likeness (QED) is 0.741. The molecule has 0 amide bonds. The monoisotopic (exact) mass is 230 g/mol. The van der Waals surface area contributed by atoms with Gasteiger partial charge in [-0.15, -0.1) is 0 Å². The minimum atomic E-state index is -4.30. The number of aromatic nitrogens is 2. The Hall–Kier alpha value is -0.590. The van der Waals surface area contributed by atoms with Crippen LogP contribution >= 0.6 is 15.9 Å². The number of hydrogen-bond donors (Lipinski definition) is 0. The van der Waals surface area contributed by atoms with E-state index in [0.717, 1.165) is 0 Å². The van der Waals surface area contributed by atoms with Crippen LogP contribution in [0.3, 0.4) is 0 Å². The Balaban J connectivity index is 2.65. The normalized spacial score (nSPS) is 12.0. The summed E-state index contributed by atoms with van der Waals surface area (Å²) >= 11 is 2.76. The van der Waals surface area contributed by atoms with Gasteiger partial charge in [-0.25, -0.2) is 0 Å². The maximum atomic E-state index is 11.6. The highest BCUT2D eigenvalue weighted by molar-refractivity contribution is 9.10. The topological polar surface area (TPSA) is 38.9 Å². The highest BCUT2D eigenvalue weighted by Gasteiger charge is 2.30. The molecule has 0 aliphatic heterocycles. The van der Waals surface area contributed by atoms with E-state index in [1.807, 2.05) is 0 Å². The maximum absolute atomic E-state index is 11.6. The molecular weight excluding hydrogens is 229 g/mol. The standard InChI is InChI=1S/C4H2BrF3N2O/c5-3-9-2(11-10-3)1-4(6,7)8/h1H2. The molecule has 0 atom stereocenters. The van der Waals surface area contributed by atoms with Gasteiger partial charge in [0.25, 0.3) is 0 Å². The number of nitrogens with zero attached hydrogens (tertiary/aromatic N) is 2. The van der Waals surface area contributed by atoms with E-state index in [1.54, 1.807) is 0 Å². The van der Waals surface area contributed by atoms with Gasteiger partial charge in [0.2, 0.25) is 10.6 Å². The van der Waals surface area contributed by atoms with Crippen LogP contribution in [0.15, 0.2) is 9.26 Å². The molecule has 1 rings (SSSR count). The second-order valence-electron chi connectivity index (χ2n) is 1.75. The van der Waals surface area contributed by atoms with Crippen LogP contribution in [0.1, 0.15) is 5.89 Å². The van der Waals surface area contributed by atoms with E-state index >= 15 is 0 Å². The SMILES string of the molecule is FC(F)(F)Cc1nc(Br)no1. The molecule has 7 heteroatoms. The summed E-state index contributed by atoms with van der Waals surface area (Å²) in [5.74, 6) is -0.440. The molecule has 0 aliphatic rings. The predicted molar refractivity (Wildman–Crippen MR) is 31.8 cm³/mol. The fourth-order valence-corrected chi connectivity index (χ4v) is 0.748. The zero-order valence-electron chi connectivity index (χ0n) is 5.02. The van der Waals surface area contributed by atoms with Crippen LogP contribution in [0.2, 0.25) is 0 Å². The van der Waals surface area contributed by atoms with Crippen molar-refractivity contribution in [2.75, 3.05) is 0 Å². The van der Waals surface area contributed by atoms with Gasteiger partial charge < -0.3 is 4.52 Å². The summed E-state index contributed by atoms with van der Waals surface area (Å²) in [5, 5.41) is 3.13. The van der Waals surface area contributed by atoms with Crippen LogP contribution in [0.25, 0.3) is 0 Å². The molecule has 1 aromatic heterocycles. The van der Waals surface area contributed by atoms with Crippen molar-refractivity contribution in [2.24, 2.45) is 0 Å². The van der Waals surface area contributed by atoms with E-state index in [1.165, 1.54) is 0 Å². The fourth-order valence-electron chi connectivity index (χ4n) is 0.477. The van der Waals surface area contributed by atoms with Gasteiger partial charge in [0, 0.05) is 0 Å². The Morgan fingerprint density at radius 2 is 2.09 bits per heavy atom. The summed E-state index contributed by atoms with van der Waals surface area (Å²) in [6, 6.07) is 0. The Morgan fingerprint density at radius 1 is 1.45 bits per heavy atom. The van der Waals surface area contributed by atoms with Crippen molar-refractivity contribution in [2.45, 2.75) is 12.6 Å². The van der Waals surface area contributed by atoms with Gasteiger partial charge in [-0.3, -0.25) is 0 Å². The van der Waals surface area contributed by atoms with E-state index in [2.05, 4.69) is 30.6 Å². The van der Waals surface area contributed by atoms with Gasteiger partial charge in [-0.2, -0.15) is 18.2 Å². The third-order valence-corrected chi connectivity index (χ3v) is 1.12. The first-order valence-electron chi connectivity index (χ1n) is 2.52. The summed E-state index contributed by atoms with van der Waals surface area (Å²) < 4.78 is 39.1. The largest absolute Gasteiger partial charge is 0.397 e. The lowest BCUT2D eigenvalue weighted by Crippen LogP contribution is -2.11. The molecule has 0 fully saturated rings. The van der Waals surface area contributed by atoms with E-state index in [4.69, 9.17) is 0 Å². The molecule has 62 valence electrons. The fraction of sp³-hybridized carbons (Fsp3) is 0.500. The van der Waals surface area contributed by atoms with E-state index < -0.39 is 18.5 Å². The van der Waals surface area contributed by atoms with Crippen LogP contribution < -0.4 is 0 Å². The van der Waals surface area contributed by atoms with Crippen molar-refractivity contribution in [3.8, 4) is 0 Å². The minimum absolute atomic E-state index is 0.0248. The molecule has 0 saturated carbocycles. The smallest absolute Gasteiger partial charge is 0.338 e. The Kier molecular flexibility index (Phi) is 2.17. The summed E-state index contributed by atoms with van der Waals surface area (Å²) in [6.07, 6.45) is -5.49. The zero-order valence-corrected chi connectivity index (χ0v) is 6.61. The third-order valence-electron chi connectivity index (χ3n) is 0.795. The van der Waals surface area contributed by atoms with Crippen LogP contribution in [0.5, 0.6) is 0 Å². The zero-order chi connectivity index (χ0) is 8.48. The molecule has 1 heterocycles. The molecule has 3 nitrogen and oxygen atoms in total. The molecule has 0 spiro atoms. The van der Waals surface area contributed by atoms with Crippen LogP contribution in [0, 0.1) is 0 Å². The highest BCUT2D eigenvalue weighted by Crippen LogP contribution is 2.20. The molecule has 0 unspecified atom stereocenters.